The fourth-order valence-electron chi connectivity index (χ4n) is 2.94. The van der Waals surface area contributed by atoms with Gasteiger partial charge >= 0.3 is 0 Å². The van der Waals surface area contributed by atoms with Gasteiger partial charge in [0.25, 0.3) is 0 Å². The highest BCUT2D eigenvalue weighted by Gasteiger charge is 2.14. The van der Waals surface area contributed by atoms with Crippen molar-refractivity contribution in [1.82, 2.24) is 5.32 Å². The highest BCUT2D eigenvalue weighted by Crippen LogP contribution is 2.35. The first-order valence-corrected chi connectivity index (χ1v) is 9.50. The molecule has 2 aromatic rings. The Morgan fingerprint density at radius 2 is 1.74 bits per heavy atom. The molecular weight excluding hydrogens is 300 g/mol. The van der Waals surface area contributed by atoms with Gasteiger partial charge in [-0.15, -0.1) is 0 Å². The van der Waals surface area contributed by atoms with Crippen LogP contribution in [-0.2, 0) is 6.42 Å². The van der Waals surface area contributed by atoms with Crippen LogP contribution in [0.2, 0.25) is 0 Å². The molecule has 0 aromatic heterocycles. The zero-order chi connectivity index (χ0) is 15.9. The van der Waals surface area contributed by atoms with Crippen molar-refractivity contribution in [1.29, 1.82) is 0 Å². The van der Waals surface area contributed by atoms with Crippen LogP contribution in [0.4, 0.5) is 5.69 Å². The van der Waals surface area contributed by atoms with Gasteiger partial charge < -0.3 is 10.2 Å². The van der Waals surface area contributed by atoms with E-state index in [1.54, 1.807) is 0 Å². The smallest absolute Gasteiger partial charge is 0.0508 e. The molecule has 0 saturated carbocycles. The van der Waals surface area contributed by atoms with Crippen LogP contribution >= 0.6 is 11.8 Å². The summed E-state index contributed by atoms with van der Waals surface area (Å²) in [4.78, 5) is 5.18. The zero-order valence-electron chi connectivity index (χ0n) is 13.9. The van der Waals surface area contributed by atoms with Crippen molar-refractivity contribution < 1.29 is 0 Å². The number of benzene rings is 2. The summed E-state index contributed by atoms with van der Waals surface area (Å²) in [7, 11) is 0. The van der Waals surface area contributed by atoms with Crippen molar-refractivity contribution in [3.05, 3.63) is 54.1 Å². The first-order valence-electron chi connectivity index (χ1n) is 8.68. The molecule has 0 radical (unpaired) electrons. The zero-order valence-corrected chi connectivity index (χ0v) is 14.7. The maximum Gasteiger partial charge on any atom is 0.0508 e. The Hall–Kier alpha value is -1.45. The Morgan fingerprint density at radius 1 is 1.00 bits per heavy atom. The van der Waals surface area contributed by atoms with Gasteiger partial charge in [-0.25, -0.2) is 0 Å². The number of anilines is 1. The number of hydrogen-bond acceptors (Lipinski definition) is 3. The lowest BCUT2D eigenvalue weighted by Crippen LogP contribution is -2.43. The van der Waals surface area contributed by atoms with Crippen LogP contribution in [0.5, 0.6) is 0 Å². The average molecular weight is 327 g/mol. The molecule has 1 N–H and O–H groups in total. The van der Waals surface area contributed by atoms with E-state index in [1.807, 2.05) is 11.8 Å². The van der Waals surface area contributed by atoms with Gasteiger partial charge in [0.2, 0.25) is 0 Å². The number of rotatable bonds is 6. The summed E-state index contributed by atoms with van der Waals surface area (Å²) in [6.45, 7) is 6.58. The van der Waals surface area contributed by atoms with E-state index in [2.05, 4.69) is 65.7 Å². The maximum absolute atomic E-state index is 3.43. The molecule has 122 valence electrons. The number of unbranched alkanes of at least 4 members (excludes halogenated alkanes) is 1. The van der Waals surface area contributed by atoms with Crippen LogP contribution in [0, 0.1) is 0 Å². The predicted octanol–water partition coefficient (Wildman–Crippen LogP) is 4.59. The Morgan fingerprint density at radius 3 is 2.48 bits per heavy atom. The highest BCUT2D eigenvalue weighted by molar-refractivity contribution is 7.99. The van der Waals surface area contributed by atoms with Gasteiger partial charge in [0.05, 0.1) is 5.69 Å². The largest absolute Gasteiger partial charge is 0.368 e. The van der Waals surface area contributed by atoms with E-state index in [0.29, 0.717) is 0 Å². The molecule has 1 saturated heterocycles. The van der Waals surface area contributed by atoms with Crippen LogP contribution < -0.4 is 10.2 Å². The minimum atomic E-state index is 1.07. The van der Waals surface area contributed by atoms with E-state index in [-0.39, 0.29) is 0 Å². The number of para-hydroxylation sites is 1. The van der Waals surface area contributed by atoms with E-state index in [0.717, 1.165) is 26.2 Å². The third kappa shape index (κ3) is 4.52. The van der Waals surface area contributed by atoms with Crippen LogP contribution in [0.1, 0.15) is 25.3 Å². The number of aryl methyl sites for hydroxylation is 1. The number of nitrogens with zero attached hydrogens (tertiary/aromatic N) is 1. The van der Waals surface area contributed by atoms with Gasteiger partial charge in [-0.3, -0.25) is 0 Å². The molecule has 23 heavy (non-hydrogen) atoms. The number of nitrogens with one attached hydrogen (secondary N) is 1. The summed E-state index contributed by atoms with van der Waals surface area (Å²) in [5.41, 5.74) is 2.82. The van der Waals surface area contributed by atoms with Crippen LogP contribution in [-0.4, -0.2) is 26.2 Å². The second-order valence-electron chi connectivity index (χ2n) is 6.05. The first-order chi connectivity index (χ1) is 11.4. The van der Waals surface area contributed by atoms with E-state index < -0.39 is 0 Å². The van der Waals surface area contributed by atoms with Gasteiger partial charge in [0.15, 0.2) is 0 Å². The molecule has 0 amide bonds. The molecule has 0 aliphatic carbocycles. The van der Waals surface area contributed by atoms with E-state index in [9.17, 15) is 0 Å². The van der Waals surface area contributed by atoms with E-state index in [4.69, 9.17) is 0 Å². The lowest BCUT2D eigenvalue weighted by Gasteiger charge is -2.31. The van der Waals surface area contributed by atoms with Crippen molar-refractivity contribution in [2.75, 3.05) is 31.1 Å². The topological polar surface area (TPSA) is 15.3 Å². The van der Waals surface area contributed by atoms with E-state index >= 15 is 0 Å². The third-order valence-electron chi connectivity index (χ3n) is 4.29. The van der Waals surface area contributed by atoms with E-state index in [1.165, 1.54) is 40.3 Å². The molecule has 1 aliphatic rings. The molecule has 2 nitrogen and oxygen atoms in total. The first kappa shape index (κ1) is 16.4. The predicted molar refractivity (Wildman–Crippen MR) is 101 cm³/mol. The van der Waals surface area contributed by atoms with Gasteiger partial charge in [-0.1, -0.05) is 49.4 Å². The molecule has 1 aliphatic heterocycles. The quantitative estimate of drug-likeness (QED) is 0.836. The van der Waals surface area contributed by atoms with Crippen LogP contribution in [0.15, 0.2) is 58.3 Å². The Labute approximate surface area is 144 Å². The SMILES string of the molecule is CCCCc1ccc(Sc2ccccc2N2CCNCC2)cc1. The summed E-state index contributed by atoms with van der Waals surface area (Å²) < 4.78 is 0. The maximum atomic E-state index is 3.43. The van der Waals surface area contributed by atoms with Crippen molar-refractivity contribution in [3.63, 3.8) is 0 Å². The Balaban J connectivity index is 1.72. The molecule has 0 bridgehead atoms. The molecular formula is C20H26N2S. The fourth-order valence-corrected chi connectivity index (χ4v) is 3.92. The Kier molecular flexibility index (Phi) is 6.00. The van der Waals surface area contributed by atoms with Gasteiger partial charge in [-0.05, 0) is 42.7 Å². The fraction of sp³-hybridized carbons (Fsp3) is 0.400. The van der Waals surface area contributed by atoms with Gasteiger partial charge in [-0.2, -0.15) is 0 Å². The van der Waals surface area contributed by atoms with Gasteiger partial charge in [0.1, 0.15) is 0 Å². The lowest BCUT2D eigenvalue weighted by molar-refractivity contribution is 0.587. The number of hydrogen-bond donors (Lipinski definition) is 1. The molecule has 1 fully saturated rings. The minimum Gasteiger partial charge on any atom is -0.368 e. The summed E-state index contributed by atoms with van der Waals surface area (Å²) in [6.07, 6.45) is 3.73. The third-order valence-corrected chi connectivity index (χ3v) is 5.37. The lowest BCUT2D eigenvalue weighted by atomic mass is 10.1. The number of piperazine rings is 1. The van der Waals surface area contributed by atoms with Crippen LogP contribution in [0.25, 0.3) is 0 Å². The summed E-state index contributed by atoms with van der Waals surface area (Å²) in [5, 5.41) is 3.43. The van der Waals surface area contributed by atoms with Crippen molar-refractivity contribution >= 4 is 17.4 Å². The Bertz CT molecular complexity index is 603. The second kappa shape index (κ2) is 8.42. The van der Waals surface area contributed by atoms with Gasteiger partial charge in [0, 0.05) is 36.0 Å². The van der Waals surface area contributed by atoms with Crippen molar-refractivity contribution in [2.45, 2.75) is 36.0 Å². The normalized spacial score (nSPS) is 14.9. The molecule has 0 unspecified atom stereocenters. The molecule has 3 rings (SSSR count). The summed E-state index contributed by atoms with van der Waals surface area (Å²) in [6, 6.07) is 17.9. The molecule has 1 heterocycles. The summed E-state index contributed by atoms with van der Waals surface area (Å²) >= 11 is 1.88. The molecule has 3 heteroatoms. The second-order valence-corrected chi connectivity index (χ2v) is 7.17. The highest BCUT2D eigenvalue weighted by atomic mass is 32.2. The standard InChI is InChI=1S/C20H26N2S/c1-2-3-6-17-9-11-18(12-10-17)23-20-8-5-4-7-19(20)22-15-13-21-14-16-22/h4-5,7-12,21H,2-3,6,13-16H2,1H3. The van der Waals surface area contributed by atoms with Crippen molar-refractivity contribution in [3.8, 4) is 0 Å². The van der Waals surface area contributed by atoms with Crippen LogP contribution in [0.3, 0.4) is 0 Å². The summed E-state index contributed by atoms with van der Waals surface area (Å²) in [5.74, 6) is 0. The van der Waals surface area contributed by atoms with Crippen molar-refractivity contribution in [2.24, 2.45) is 0 Å². The monoisotopic (exact) mass is 326 g/mol. The average Bonchev–Trinajstić information content (AvgIpc) is 2.62. The molecule has 0 spiro atoms. The molecule has 2 aromatic carbocycles. The minimum absolute atomic E-state index is 1.07. The molecule has 0 atom stereocenters.